The average molecular weight is 377 g/mol. The first kappa shape index (κ1) is 23.2. The number of aliphatic carboxylic acids is 1. The molecule has 144 valence electrons. The molecule has 0 aromatic rings. The van der Waals surface area contributed by atoms with Gasteiger partial charge in [-0.05, 0) is 12.8 Å². The molecule has 0 saturated carbocycles. The molecule has 25 heavy (non-hydrogen) atoms. The molecule has 0 aliphatic rings. The highest BCUT2D eigenvalue weighted by atomic mass is 32.1. The summed E-state index contributed by atoms with van der Waals surface area (Å²) in [6.07, 6.45) is 2.55. The molecule has 0 saturated heterocycles. The molecule has 0 radical (unpaired) electrons. The molecule has 10 heteroatoms. The Kier molecular flexibility index (Phi) is 12.5. The zero-order chi connectivity index (χ0) is 19.2. The second-order valence-electron chi connectivity index (χ2n) is 5.43. The van der Waals surface area contributed by atoms with E-state index < -0.39 is 35.8 Å². The Morgan fingerprint density at radius 3 is 2.48 bits per heavy atom. The third-order valence-electron chi connectivity index (χ3n) is 3.25. The van der Waals surface area contributed by atoms with Gasteiger partial charge in [0.05, 0.1) is 6.61 Å². The van der Waals surface area contributed by atoms with Crippen LogP contribution in [-0.2, 0) is 23.9 Å². The van der Waals surface area contributed by atoms with E-state index in [1.54, 1.807) is 0 Å². The molecule has 2 atom stereocenters. The first-order chi connectivity index (χ1) is 11.8. The average Bonchev–Trinajstić information content (AvgIpc) is 2.58. The van der Waals surface area contributed by atoms with Crippen LogP contribution in [0.15, 0.2) is 0 Å². The lowest BCUT2D eigenvalue weighted by Crippen LogP contribution is -2.49. The van der Waals surface area contributed by atoms with Crippen molar-refractivity contribution in [1.29, 1.82) is 0 Å². The van der Waals surface area contributed by atoms with Gasteiger partial charge in [0, 0.05) is 12.2 Å². The van der Waals surface area contributed by atoms with E-state index in [9.17, 15) is 19.2 Å². The van der Waals surface area contributed by atoms with E-state index in [0.29, 0.717) is 6.61 Å². The van der Waals surface area contributed by atoms with Crippen LogP contribution < -0.4 is 16.4 Å². The fourth-order valence-corrected chi connectivity index (χ4v) is 2.00. The number of thiol groups is 1. The molecular formula is C15H27N3O6S. The van der Waals surface area contributed by atoms with Gasteiger partial charge in [-0.15, -0.1) is 0 Å². The second kappa shape index (κ2) is 13.5. The number of hydrogen-bond acceptors (Lipinski definition) is 7. The summed E-state index contributed by atoms with van der Waals surface area (Å²) < 4.78 is 4.95. The minimum atomic E-state index is -1.20. The van der Waals surface area contributed by atoms with Crippen LogP contribution in [0.5, 0.6) is 0 Å². The zero-order valence-electron chi connectivity index (χ0n) is 14.3. The molecule has 2 unspecified atom stereocenters. The van der Waals surface area contributed by atoms with Crippen molar-refractivity contribution in [2.75, 3.05) is 18.9 Å². The van der Waals surface area contributed by atoms with E-state index >= 15 is 0 Å². The molecule has 0 fully saturated rings. The molecule has 5 N–H and O–H groups in total. The van der Waals surface area contributed by atoms with Crippen LogP contribution in [0, 0.1) is 0 Å². The van der Waals surface area contributed by atoms with Crippen LogP contribution in [0.1, 0.15) is 39.0 Å². The molecule has 0 aromatic carbocycles. The summed E-state index contributed by atoms with van der Waals surface area (Å²) in [5.41, 5.74) is 5.30. The van der Waals surface area contributed by atoms with Crippen molar-refractivity contribution < 1.29 is 29.0 Å². The van der Waals surface area contributed by atoms with Crippen LogP contribution in [0.25, 0.3) is 0 Å². The van der Waals surface area contributed by atoms with Gasteiger partial charge in [0.15, 0.2) is 0 Å². The third-order valence-corrected chi connectivity index (χ3v) is 3.62. The van der Waals surface area contributed by atoms with Gasteiger partial charge < -0.3 is 26.2 Å². The van der Waals surface area contributed by atoms with E-state index in [1.807, 2.05) is 6.92 Å². The van der Waals surface area contributed by atoms with E-state index in [1.165, 1.54) is 0 Å². The smallest absolute Gasteiger partial charge is 0.325 e. The van der Waals surface area contributed by atoms with Crippen molar-refractivity contribution in [3.63, 3.8) is 0 Å². The van der Waals surface area contributed by atoms with Crippen molar-refractivity contribution in [3.8, 4) is 0 Å². The standard InChI is InChI=1S/C15H27N3O6S/c1-2-3-4-7-24-13(20)8-17-14(21)11(9-25)18-12(19)6-5-10(16)15(22)23/h10-11,25H,2-9,16H2,1H3,(H,17,21)(H,18,19)(H,22,23). The van der Waals surface area contributed by atoms with E-state index in [-0.39, 0.29) is 25.1 Å². The number of carbonyl (C=O) groups is 4. The van der Waals surface area contributed by atoms with Crippen molar-refractivity contribution in [2.45, 2.75) is 51.1 Å². The van der Waals surface area contributed by atoms with Gasteiger partial charge in [-0.3, -0.25) is 19.2 Å². The number of carboxylic acids is 1. The fraction of sp³-hybridized carbons (Fsp3) is 0.733. The summed E-state index contributed by atoms with van der Waals surface area (Å²) in [6.45, 7) is 2.04. The first-order valence-corrected chi connectivity index (χ1v) is 8.77. The summed E-state index contributed by atoms with van der Waals surface area (Å²) in [6, 6.07) is -2.08. The van der Waals surface area contributed by atoms with Crippen LogP contribution >= 0.6 is 12.6 Å². The molecule has 9 nitrogen and oxygen atoms in total. The van der Waals surface area contributed by atoms with Gasteiger partial charge in [-0.25, -0.2) is 0 Å². The number of amides is 2. The van der Waals surface area contributed by atoms with Crippen molar-refractivity contribution >= 4 is 36.4 Å². The normalized spacial score (nSPS) is 12.8. The van der Waals surface area contributed by atoms with Crippen LogP contribution in [-0.4, -0.2) is 59.8 Å². The highest BCUT2D eigenvalue weighted by Crippen LogP contribution is 1.98. The van der Waals surface area contributed by atoms with Gasteiger partial charge in [0.25, 0.3) is 0 Å². The lowest BCUT2D eigenvalue weighted by molar-refractivity contribution is -0.144. The summed E-state index contributed by atoms with van der Waals surface area (Å²) in [5.74, 6) is -2.83. The molecule has 0 aromatic heterocycles. The van der Waals surface area contributed by atoms with Gasteiger partial charge >= 0.3 is 11.9 Å². The van der Waals surface area contributed by atoms with Crippen molar-refractivity contribution in [2.24, 2.45) is 5.73 Å². The quantitative estimate of drug-likeness (QED) is 0.164. The summed E-state index contributed by atoms with van der Waals surface area (Å²) in [7, 11) is 0. The Bertz CT molecular complexity index is 461. The number of nitrogens with two attached hydrogens (primary N) is 1. The molecule has 0 heterocycles. The predicted octanol–water partition coefficient (Wildman–Crippen LogP) is -0.557. The topological polar surface area (TPSA) is 148 Å². The highest BCUT2D eigenvalue weighted by molar-refractivity contribution is 7.80. The maximum absolute atomic E-state index is 11.9. The molecule has 0 bridgehead atoms. The summed E-state index contributed by atoms with van der Waals surface area (Å²) in [5, 5.41) is 13.4. The third kappa shape index (κ3) is 11.4. The van der Waals surface area contributed by atoms with Crippen LogP contribution in [0.4, 0.5) is 0 Å². The number of esters is 1. The minimum Gasteiger partial charge on any atom is -0.480 e. The predicted molar refractivity (Wildman–Crippen MR) is 94.1 cm³/mol. The molecule has 0 aliphatic carbocycles. The Hall–Kier alpha value is -1.81. The minimum absolute atomic E-state index is 0.0219. The van der Waals surface area contributed by atoms with Crippen molar-refractivity contribution in [1.82, 2.24) is 10.6 Å². The second-order valence-corrected chi connectivity index (χ2v) is 5.80. The molecule has 0 aliphatic heterocycles. The maximum atomic E-state index is 11.9. The van der Waals surface area contributed by atoms with Gasteiger partial charge in [-0.1, -0.05) is 19.8 Å². The Labute approximate surface area is 152 Å². The number of ether oxygens (including phenoxy) is 1. The number of nitrogens with one attached hydrogen (secondary N) is 2. The lowest BCUT2D eigenvalue weighted by Gasteiger charge is -2.16. The van der Waals surface area contributed by atoms with Crippen molar-refractivity contribution in [3.05, 3.63) is 0 Å². The Balaban J connectivity index is 4.14. The fourth-order valence-electron chi connectivity index (χ4n) is 1.74. The number of carbonyl (C=O) groups excluding carboxylic acids is 3. The maximum Gasteiger partial charge on any atom is 0.325 e. The molecule has 0 spiro atoms. The highest BCUT2D eigenvalue weighted by Gasteiger charge is 2.21. The number of carboxylic acid groups (broad SMARTS) is 1. The monoisotopic (exact) mass is 377 g/mol. The lowest BCUT2D eigenvalue weighted by atomic mass is 10.1. The Morgan fingerprint density at radius 1 is 1.24 bits per heavy atom. The molecule has 2 amide bonds. The summed E-state index contributed by atoms with van der Waals surface area (Å²) in [4.78, 5) is 45.7. The largest absolute Gasteiger partial charge is 0.480 e. The first-order valence-electron chi connectivity index (χ1n) is 8.13. The SMILES string of the molecule is CCCCCOC(=O)CNC(=O)C(CS)NC(=O)CCC(N)C(=O)O. The summed E-state index contributed by atoms with van der Waals surface area (Å²) >= 11 is 3.98. The van der Waals surface area contributed by atoms with Crippen LogP contribution in [0.3, 0.4) is 0 Å². The Morgan fingerprint density at radius 2 is 1.92 bits per heavy atom. The van der Waals surface area contributed by atoms with Crippen LogP contribution in [0.2, 0.25) is 0 Å². The van der Waals surface area contributed by atoms with E-state index in [2.05, 4.69) is 23.3 Å². The molecular weight excluding hydrogens is 350 g/mol. The van der Waals surface area contributed by atoms with Gasteiger partial charge in [0.2, 0.25) is 11.8 Å². The number of rotatable bonds is 13. The zero-order valence-corrected chi connectivity index (χ0v) is 15.2. The number of hydrogen-bond donors (Lipinski definition) is 5. The number of unbranched alkanes of at least 4 members (excludes halogenated alkanes) is 2. The van der Waals surface area contributed by atoms with Gasteiger partial charge in [-0.2, -0.15) is 12.6 Å². The van der Waals surface area contributed by atoms with Gasteiger partial charge in [0.1, 0.15) is 18.6 Å². The molecule has 0 rings (SSSR count). The van der Waals surface area contributed by atoms with E-state index in [0.717, 1.165) is 19.3 Å². The van der Waals surface area contributed by atoms with E-state index in [4.69, 9.17) is 15.6 Å².